The molecule has 6 nitrogen and oxygen atoms in total. The topological polar surface area (TPSA) is 63.1 Å². The normalized spacial score (nSPS) is 16.8. The fourth-order valence-electron chi connectivity index (χ4n) is 3.78. The predicted molar refractivity (Wildman–Crippen MR) is 107 cm³/mol. The number of benzene rings is 1. The van der Waals surface area contributed by atoms with Gasteiger partial charge in [0.2, 0.25) is 0 Å². The maximum Gasteiger partial charge on any atom is 0.321 e. The van der Waals surface area contributed by atoms with Crippen LogP contribution in [0.15, 0.2) is 42.6 Å². The highest BCUT2D eigenvalue weighted by Crippen LogP contribution is 2.29. The van der Waals surface area contributed by atoms with Gasteiger partial charge in [-0.3, -0.25) is 0 Å². The van der Waals surface area contributed by atoms with E-state index in [1.807, 2.05) is 29.2 Å². The fourth-order valence-corrected chi connectivity index (χ4v) is 3.78. The van der Waals surface area contributed by atoms with Crippen LogP contribution in [-0.4, -0.2) is 38.6 Å². The van der Waals surface area contributed by atoms with Gasteiger partial charge in [0.25, 0.3) is 0 Å². The summed E-state index contributed by atoms with van der Waals surface area (Å²) in [6, 6.07) is 11.9. The Hall–Kier alpha value is -2.89. The number of carbonyl (C=O) groups is 1. The fraction of sp³-hybridized carbons (Fsp3) is 0.381. The number of fused-ring (bicyclic) bond motifs is 1. The number of hydrogen-bond acceptors (Lipinski definition) is 3. The molecule has 6 heteroatoms. The minimum absolute atomic E-state index is 0.0426. The van der Waals surface area contributed by atoms with E-state index in [9.17, 15) is 4.79 Å². The number of urea groups is 1. The first-order chi connectivity index (χ1) is 13.2. The Morgan fingerprint density at radius 2 is 2.04 bits per heavy atom. The monoisotopic (exact) mass is 363 g/mol. The van der Waals surface area contributed by atoms with Crippen LogP contribution < -0.4 is 5.32 Å². The lowest BCUT2D eigenvalue weighted by Gasteiger charge is -2.18. The zero-order chi connectivity index (χ0) is 18.8. The van der Waals surface area contributed by atoms with E-state index in [1.54, 1.807) is 6.20 Å². The number of anilines is 1. The standard InChI is InChI=1S/C21H25N5O/c1-3-15-7-9-17(10-8-15)23-21(27)25-13-11-16(14-25)19-24-18-6-5-12-22-20(18)26(19)4-2/h5-10,12,16H,3-4,11,13-14H2,1-2H3,(H,23,27). The number of rotatable bonds is 4. The van der Waals surface area contributed by atoms with Crippen LogP contribution in [0.25, 0.3) is 11.2 Å². The molecule has 27 heavy (non-hydrogen) atoms. The summed E-state index contributed by atoms with van der Waals surface area (Å²) < 4.78 is 2.17. The lowest BCUT2D eigenvalue weighted by Crippen LogP contribution is -2.33. The van der Waals surface area contributed by atoms with Crippen LogP contribution in [-0.2, 0) is 13.0 Å². The number of amides is 2. The largest absolute Gasteiger partial charge is 0.324 e. The molecule has 1 unspecified atom stereocenters. The van der Waals surface area contributed by atoms with Crippen molar-refractivity contribution in [3.8, 4) is 0 Å². The molecule has 0 radical (unpaired) electrons. The maximum absolute atomic E-state index is 12.6. The van der Waals surface area contributed by atoms with Gasteiger partial charge in [0.1, 0.15) is 11.3 Å². The van der Waals surface area contributed by atoms with Gasteiger partial charge in [0.05, 0.1) is 0 Å². The van der Waals surface area contributed by atoms with Crippen molar-refractivity contribution in [3.63, 3.8) is 0 Å². The van der Waals surface area contributed by atoms with Crippen LogP contribution in [0, 0.1) is 0 Å². The molecular weight excluding hydrogens is 338 g/mol. The first-order valence-electron chi connectivity index (χ1n) is 9.65. The van der Waals surface area contributed by atoms with Crippen LogP contribution in [0.4, 0.5) is 10.5 Å². The minimum atomic E-state index is -0.0426. The van der Waals surface area contributed by atoms with Crippen molar-refractivity contribution in [1.82, 2.24) is 19.4 Å². The molecule has 140 valence electrons. The molecule has 4 rings (SSSR count). The van der Waals surface area contributed by atoms with E-state index in [4.69, 9.17) is 4.98 Å². The molecule has 1 N–H and O–H groups in total. The van der Waals surface area contributed by atoms with Crippen LogP contribution in [0.2, 0.25) is 0 Å². The smallest absolute Gasteiger partial charge is 0.321 e. The van der Waals surface area contributed by atoms with Crippen LogP contribution in [0.1, 0.15) is 37.6 Å². The quantitative estimate of drug-likeness (QED) is 0.761. The Morgan fingerprint density at radius 3 is 2.78 bits per heavy atom. The third-order valence-corrected chi connectivity index (χ3v) is 5.30. The Kier molecular flexibility index (Phi) is 4.79. The van der Waals surface area contributed by atoms with Crippen molar-refractivity contribution >= 4 is 22.9 Å². The van der Waals surface area contributed by atoms with Gasteiger partial charge >= 0.3 is 6.03 Å². The molecule has 1 fully saturated rings. The number of aryl methyl sites for hydroxylation is 2. The molecule has 1 aliphatic heterocycles. The van der Waals surface area contributed by atoms with Gasteiger partial charge in [0, 0.05) is 37.4 Å². The van der Waals surface area contributed by atoms with Gasteiger partial charge in [-0.2, -0.15) is 0 Å². The average Bonchev–Trinajstić information content (AvgIpc) is 3.33. The van der Waals surface area contributed by atoms with Crippen molar-refractivity contribution in [2.24, 2.45) is 0 Å². The molecule has 1 aromatic carbocycles. The van der Waals surface area contributed by atoms with Gasteiger partial charge in [0.15, 0.2) is 5.65 Å². The Labute approximate surface area is 159 Å². The zero-order valence-electron chi connectivity index (χ0n) is 15.9. The maximum atomic E-state index is 12.6. The summed E-state index contributed by atoms with van der Waals surface area (Å²) in [6.07, 6.45) is 3.72. The Morgan fingerprint density at radius 1 is 1.22 bits per heavy atom. The molecule has 1 aliphatic rings. The number of nitrogens with zero attached hydrogens (tertiary/aromatic N) is 4. The van der Waals surface area contributed by atoms with E-state index in [0.29, 0.717) is 6.54 Å². The summed E-state index contributed by atoms with van der Waals surface area (Å²) in [4.78, 5) is 23.8. The number of aromatic nitrogens is 3. The van der Waals surface area contributed by atoms with E-state index < -0.39 is 0 Å². The highest BCUT2D eigenvalue weighted by atomic mass is 16.2. The summed E-state index contributed by atoms with van der Waals surface area (Å²) in [5.74, 6) is 1.28. The second kappa shape index (κ2) is 7.39. The van der Waals surface area contributed by atoms with E-state index in [1.165, 1.54) is 5.56 Å². The predicted octanol–water partition coefficient (Wildman–Crippen LogP) is 4.04. The number of likely N-dealkylation sites (tertiary alicyclic amines) is 1. The van der Waals surface area contributed by atoms with E-state index in [-0.39, 0.29) is 11.9 Å². The molecule has 0 saturated carbocycles. The van der Waals surface area contributed by atoms with Crippen LogP contribution >= 0.6 is 0 Å². The lowest BCUT2D eigenvalue weighted by molar-refractivity contribution is 0.222. The van der Waals surface area contributed by atoms with Crippen molar-refractivity contribution < 1.29 is 4.79 Å². The number of imidazole rings is 1. The zero-order valence-corrected chi connectivity index (χ0v) is 15.9. The molecule has 2 aromatic heterocycles. The van der Waals surface area contributed by atoms with Crippen LogP contribution in [0.5, 0.6) is 0 Å². The van der Waals surface area contributed by atoms with Crippen molar-refractivity contribution in [1.29, 1.82) is 0 Å². The van der Waals surface area contributed by atoms with E-state index >= 15 is 0 Å². The summed E-state index contributed by atoms with van der Waals surface area (Å²) in [6.45, 7) is 6.48. The van der Waals surface area contributed by atoms with Gasteiger partial charge in [-0.05, 0) is 49.6 Å². The lowest BCUT2D eigenvalue weighted by atomic mass is 10.1. The van der Waals surface area contributed by atoms with Crippen molar-refractivity contribution in [2.75, 3.05) is 18.4 Å². The first kappa shape index (κ1) is 17.5. The van der Waals surface area contributed by atoms with Crippen LogP contribution in [0.3, 0.4) is 0 Å². The summed E-state index contributed by atoms with van der Waals surface area (Å²) in [5, 5.41) is 3.01. The highest BCUT2D eigenvalue weighted by molar-refractivity contribution is 5.89. The van der Waals surface area contributed by atoms with Gasteiger partial charge in [-0.25, -0.2) is 14.8 Å². The number of nitrogens with one attached hydrogen (secondary N) is 1. The Balaban J connectivity index is 1.47. The van der Waals surface area contributed by atoms with Gasteiger partial charge < -0.3 is 14.8 Å². The van der Waals surface area contributed by atoms with E-state index in [2.05, 4.69) is 40.8 Å². The highest BCUT2D eigenvalue weighted by Gasteiger charge is 2.31. The third-order valence-electron chi connectivity index (χ3n) is 5.30. The molecule has 2 amide bonds. The second-order valence-corrected chi connectivity index (χ2v) is 6.97. The average molecular weight is 363 g/mol. The molecule has 3 heterocycles. The molecular formula is C21H25N5O. The molecule has 0 spiro atoms. The Bertz CT molecular complexity index is 947. The number of hydrogen-bond donors (Lipinski definition) is 1. The molecule has 0 aliphatic carbocycles. The van der Waals surface area contributed by atoms with Crippen molar-refractivity contribution in [2.45, 2.75) is 39.2 Å². The second-order valence-electron chi connectivity index (χ2n) is 6.97. The van der Waals surface area contributed by atoms with Gasteiger partial charge in [-0.15, -0.1) is 0 Å². The molecule has 0 bridgehead atoms. The summed E-state index contributed by atoms with van der Waals surface area (Å²) >= 11 is 0. The summed E-state index contributed by atoms with van der Waals surface area (Å²) in [7, 11) is 0. The first-order valence-corrected chi connectivity index (χ1v) is 9.65. The molecule has 1 saturated heterocycles. The van der Waals surface area contributed by atoms with Gasteiger partial charge in [-0.1, -0.05) is 19.1 Å². The molecule has 1 atom stereocenters. The molecule has 3 aromatic rings. The third kappa shape index (κ3) is 3.39. The summed E-state index contributed by atoms with van der Waals surface area (Å²) in [5.41, 5.74) is 3.95. The van der Waals surface area contributed by atoms with Crippen molar-refractivity contribution in [3.05, 3.63) is 54.0 Å². The number of carbonyl (C=O) groups excluding carboxylic acids is 1. The minimum Gasteiger partial charge on any atom is -0.324 e. The number of pyridine rings is 1. The van der Waals surface area contributed by atoms with E-state index in [0.717, 1.165) is 48.6 Å². The SMILES string of the molecule is CCc1ccc(NC(=O)N2CCC(c3nc4cccnc4n3CC)C2)cc1.